The highest BCUT2D eigenvalue weighted by Crippen LogP contribution is 2.28. The van der Waals surface area contributed by atoms with E-state index in [0.717, 1.165) is 12.2 Å². The van der Waals surface area contributed by atoms with Gasteiger partial charge in [0.15, 0.2) is 0 Å². The Kier molecular flexibility index (Phi) is 4.99. The van der Waals surface area contributed by atoms with Crippen molar-refractivity contribution >= 4 is 23.2 Å². The minimum Gasteiger partial charge on any atom is -0.318 e. The van der Waals surface area contributed by atoms with Crippen LogP contribution in [0.15, 0.2) is 24.5 Å². The Morgan fingerprint density at radius 1 is 1.35 bits per heavy atom. The van der Waals surface area contributed by atoms with Crippen molar-refractivity contribution < 1.29 is 0 Å². The molecule has 1 unspecified atom stereocenters. The van der Waals surface area contributed by atoms with Gasteiger partial charge in [-0.2, -0.15) is 5.10 Å². The van der Waals surface area contributed by atoms with E-state index >= 15 is 0 Å². The number of halogens is 2. The Labute approximate surface area is 128 Å². The van der Waals surface area contributed by atoms with E-state index in [-0.39, 0.29) is 0 Å². The van der Waals surface area contributed by atoms with E-state index < -0.39 is 6.04 Å². The van der Waals surface area contributed by atoms with E-state index in [1.165, 1.54) is 0 Å². The minimum absolute atomic E-state index is 0.499. The monoisotopic (exact) mass is 313 g/mol. The summed E-state index contributed by atoms with van der Waals surface area (Å²) >= 11 is 12.4. The maximum atomic E-state index is 6.26. The first kappa shape index (κ1) is 15.3. The van der Waals surface area contributed by atoms with Crippen molar-refractivity contribution in [1.29, 1.82) is 0 Å². The van der Waals surface area contributed by atoms with Gasteiger partial charge in [-0.15, -0.1) is 0 Å². The quantitative estimate of drug-likeness (QED) is 0.919. The first-order valence-electron chi connectivity index (χ1n) is 6.22. The van der Waals surface area contributed by atoms with Crippen molar-refractivity contribution in [3.63, 3.8) is 0 Å². The largest absolute Gasteiger partial charge is 0.318 e. The number of pyridine rings is 1. The maximum absolute atomic E-state index is 6.26. The minimum atomic E-state index is -0.499. The van der Waals surface area contributed by atoms with Crippen molar-refractivity contribution in [3.05, 3.63) is 46.0 Å². The summed E-state index contributed by atoms with van der Waals surface area (Å²) in [4.78, 5) is 6.31. The maximum Gasteiger partial charge on any atom is 0.0927 e. The highest BCUT2D eigenvalue weighted by Gasteiger charge is 2.21. The van der Waals surface area contributed by atoms with Crippen molar-refractivity contribution in [2.24, 2.45) is 5.73 Å². The molecule has 2 heterocycles. The predicted octanol–water partition coefficient (Wildman–Crippen LogP) is 2.19. The predicted molar refractivity (Wildman–Crippen MR) is 81.1 cm³/mol. The van der Waals surface area contributed by atoms with Gasteiger partial charge in [0.2, 0.25) is 0 Å². The Bertz CT molecular complexity index is 582. The van der Waals surface area contributed by atoms with Crippen molar-refractivity contribution in [3.8, 4) is 0 Å². The van der Waals surface area contributed by atoms with E-state index in [4.69, 9.17) is 28.9 Å². The molecule has 7 heteroatoms. The zero-order valence-electron chi connectivity index (χ0n) is 11.4. The molecule has 2 aromatic rings. The van der Waals surface area contributed by atoms with Gasteiger partial charge in [-0.05, 0) is 26.2 Å². The zero-order chi connectivity index (χ0) is 14.7. The first-order chi connectivity index (χ1) is 9.50. The molecule has 0 saturated carbocycles. The van der Waals surface area contributed by atoms with E-state index in [2.05, 4.69) is 15.0 Å². The lowest BCUT2D eigenvalue weighted by Crippen LogP contribution is -2.24. The van der Waals surface area contributed by atoms with Crippen molar-refractivity contribution in [1.82, 2.24) is 19.7 Å². The standard InChI is InChI=1S/C13H17Cl2N5/c1-19(2)6-7-20-13(10(15)8-18-20)11(16)12-9(14)4-3-5-17-12/h3-5,8,11H,6-7,16H2,1-2H3. The summed E-state index contributed by atoms with van der Waals surface area (Å²) in [5, 5.41) is 5.32. The van der Waals surface area contributed by atoms with Crippen LogP contribution in [-0.4, -0.2) is 40.3 Å². The number of aromatic nitrogens is 3. The molecule has 0 amide bonds. The second-order valence-electron chi connectivity index (χ2n) is 4.75. The molecule has 0 aromatic carbocycles. The molecule has 0 aliphatic rings. The zero-order valence-corrected chi connectivity index (χ0v) is 12.9. The number of rotatable bonds is 5. The summed E-state index contributed by atoms with van der Waals surface area (Å²) < 4.78 is 1.80. The molecule has 1 atom stereocenters. The summed E-state index contributed by atoms with van der Waals surface area (Å²) in [6, 6.07) is 3.03. The van der Waals surface area contributed by atoms with Gasteiger partial charge in [-0.1, -0.05) is 23.2 Å². The third-order valence-corrected chi connectivity index (χ3v) is 3.58. The lowest BCUT2D eigenvalue weighted by molar-refractivity contribution is 0.368. The normalized spacial score (nSPS) is 12.9. The van der Waals surface area contributed by atoms with Gasteiger partial charge in [0.1, 0.15) is 0 Å². The first-order valence-corrected chi connectivity index (χ1v) is 6.98. The summed E-state index contributed by atoms with van der Waals surface area (Å²) in [5.41, 5.74) is 7.59. The highest BCUT2D eigenvalue weighted by atomic mass is 35.5. The second-order valence-corrected chi connectivity index (χ2v) is 5.57. The molecule has 20 heavy (non-hydrogen) atoms. The Hall–Kier alpha value is -1.14. The Morgan fingerprint density at radius 2 is 2.10 bits per heavy atom. The molecule has 2 rings (SSSR count). The number of hydrogen-bond acceptors (Lipinski definition) is 4. The third kappa shape index (κ3) is 3.30. The smallest absolute Gasteiger partial charge is 0.0927 e. The fourth-order valence-corrected chi connectivity index (χ4v) is 2.41. The third-order valence-electron chi connectivity index (χ3n) is 2.97. The lowest BCUT2D eigenvalue weighted by atomic mass is 10.1. The second kappa shape index (κ2) is 6.54. The van der Waals surface area contributed by atoms with Gasteiger partial charge in [0.25, 0.3) is 0 Å². The van der Waals surface area contributed by atoms with Crippen LogP contribution < -0.4 is 5.73 Å². The summed E-state index contributed by atoms with van der Waals surface area (Å²) in [5.74, 6) is 0. The van der Waals surface area contributed by atoms with E-state index in [9.17, 15) is 0 Å². The van der Waals surface area contributed by atoms with Gasteiger partial charge in [-0.25, -0.2) is 0 Å². The van der Waals surface area contributed by atoms with Crippen LogP contribution in [0.5, 0.6) is 0 Å². The van der Waals surface area contributed by atoms with Crippen LogP contribution in [0.25, 0.3) is 0 Å². The van der Waals surface area contributed by atoms with Crippen LogP contribution in [-0.2, 0) is 6.54 Å². The number of hydrogen-bond donors (Lipinski definition) is 1. The molecule has 108 valence electrons. The van der Waals surface area contributed by atoms with E-state index in [1.54, 1.807) is 29.2 Å². The summed E-state index contributed by atoms with van der Waals surface area (Å²) in [7, 11) is 4.00. The van der Waals surface area contributed by atoms with Crippen LogP contribution in [0, 0.1) is 0 Å². The average Bonchev–Trinajstić information content (AvgIpc) is 2.77. The van der Waals surface area contributed by atoms with Crippen molar-refractivity contribution in [2.45, 2.75) is 12.6 Å². The average molecular weight is 314 g/mol. The van der Waals surface area contributed by atoms with Gasteiger partial charge >= 0.3 is 0 Å². The van der Waals surface area contributed by atoms with Gasteiger partial charge in [-0.3, -0.25) is 9.67 Å². The molecular formula is C13H17Cl2N5. The summed E-state index contributed by atoms with van der Waals surface area (Å²) in [6.07, 6.45) is 3.26. The molecule has 0 spiro atoms. The molecule has 0 aliphatic heterocycles. The molecule has 2 N–H and O–H groups in total. The topological polar surface area (TPSA) is 60.0 Å². The molecule has 0 aliphatic carbocycles. The molecule has 5 nitrogen and oxygen atoms in total. The van der Waals surface area contributed by atoms with Gasteiger partial charge < -0.3 is 10.6 Å². The molecule has 0 fully saturated rings. The number of likely N-dealkylation sites (N-methyl/N-ethyl adjacent to an activating group) is 1. The lowest BCUT2D eigenvalue weighted by Gasteiger charge is -2.17. The van der Waals surface area contributed by atoms with Crippen LogP contribution in [0.1, 0.15) is 17.4 Å². The number of nitrogens with two attached hydrogens (primary N) is 1. The number of nitrogens with zero attached hydrogens (tertiary/aromatic N) is 4. The fourth-order valence-electron chi connectivity index (χ4n) is 1.91. The SMILES string of the molecule is CN(C)CCn1ncc(Cl)c1C(N)c1ncccc1Cl. The van der Waals surface area contributed by atoms with Crippen LogP contribution in [0.2, 0.25) is 10.0 Å². The molecule has 2 aromatic heterocycles. The van der Waals surface area contributed by atoms with E-state index in [1.807, 2.05) is 14.1 Å². The Morgan fingerprint density at radius 3 is 2.75 bits per heavy atom. The molecule has 0 saturated heterocycles. The molecule has 0 bridgehead atoms. The van der Waals surface area contributed by atoms with Crippen LogP contribution in [0.4, 0.5) is 0 Å². The fraction of sp³-hybridized carbons (Fsp3) is 0.385. The van der Waals surface area contributed by atoms with E-state index in [0.29, 0.717) is 22.3 Å². The van der Waals surface area contributed by atoms with Crippen LogP contribution >= 0.6 is 23.2 Å². The van der Waals surface area contributed by atoms with Crippen molar-refractivity contribution in [2.75, 3.05) is 20.6 Å². The van der Waals surface area contributed by atoms with Gasteiger partial charge in [0.05, 0.1) is 40.2 Å². The molecule has 0 radical (unpaired) electrons. The van der Waals surface area contributed by atoms with Crippen LogP contribution in [0.3, 0.4) is 0 Å². The molecular weight excluding hydrogens is 297 g/mol. The Balaban J connectivity index is 2.32. The van der Waals surface area contributed by atoms with Gasteiger partial charge in [0, 0.05) is 12.7 Å². The summed E-state index contributed by atoms with van der Waals surface area (Å²) in [6.45, 7) is 1.54. The highest BCUT2D eigenvalue weighted by molar-refractivity contribution is 6.32.